The van der Waals surface area contributed by atoms with E-state index >= 15 is 0 Å². The predicted octanol–water partition coefficient (Wildman–Crippen LogP) is 2.78. The third kappa shape index (κ3) is 4.64. The topological polar surface area (TPSA) is 79.3 Å². The predicted molar refractivity (Wildman–Crippen MR) is 83.6 cm³/mol. The average molecular weight is 324 g/mol. The molecule has 21 heavy (non-hydrogen) atoms. The summed E-state index contributed by atoms with van der Waals surface area (Å²) in [4.78, 5) is 28.1. The Morgan fingerprint density at radius 1 is 1.43 bits per heavy atom. The number of thiophene rings is 1. The SMILES string of the molecule is CCC(CC(=O)O)NC(=O)Cc1csc(-c2cccs2)n1. The number of aliphatic carboxylic acids is 1. The highest BCUT2D eigenvalue weighted by Crippen LogP contribution is 2.27. The van der Waals surface area contributed by atoms with Crippen LogP contribution in [-0.4, -0.2) is 28.0 Å². The van der Waals surface area contributed by atoms with Gasteiger partial charge in [-0.3, -0.25) is 9.59 Å². The molecule has 2 heterocycles. The molecular weight excluding hydrogens is 308 g/mol. The maximum atomic E-state index is 11.9. The van der Waals surface area contributed by atoms with Crippen LogP contribution in [0.3, 0.4) is 0 Å². The number of nitrogens with one attached hydrogen (secondary N) is 1. The molecule has 0 fully saturated rings. The van der Waals surface area contributed by atoms with Crippen molar-refractivity contribution in [3.05, 3.63) is 28.6 Å². The molecule has 2 aromatic heterocycles. The van der Waals surface area contributed by atoms with Gasteiger partial charge in [0.15, 0.2) is 0 Å². The summed E-state index contributed by atoms with van der Waals surface area (Å²) in [6, 6.07) is 3.63. The van der Waals surface area contributed by atoms with E-state index in [1.807, 2.05) is 29.8 Å². The van der Waals surface area contributed by atoms with Crippen LogP contribution in [0.2, 0.25) is 0 Å². The summed E-state index contributed by atoms with van der Waals surface area (Å²) < 4.78 is 0. The molecule has 0 saturated heterocycles. The maximum Gasteiger partial charge on any atom is 0.305 e. The second-order valence-electron chi connectivity index (χ2n) is 4.57. The molecule has 112 valence electrons. The lowest BCUT2D eigenvalue weighted by atomic mass is 10.1. The number of carbonyl (C=O) groups excluding carboxylic acids is 1. The number of hydrogen-bond donors (Lipinski definition) is 2. The molecule has 0 aromatic carbocycles. The van der Waals surface area contributed by atoms with Gasteiger partial charge in [0.25, 0.3) is 0 Å². The third-order valence-corrected chi connectivity index (χ3v) is 4.83. The smallest absolute Gasteiger partial charge is 0.305 e. The minimum Gasteiger partial charge on any atom is -0.481 e. The van der Waals surface area contributed by atoms with E-state index in [9.17, 15) is 9.59 Å². The number of aromatic nitrogens is 1. The molecule has 0 aliphatic heterocycles. The summed E-state index contributed by atoms with van der Waals surface area (Å²) >= 11 is 3.12. The first-order chi connectivity index (χ1) is 10.1. The van der Waals surface area contributed by atoms with Crippen molar-refractivity contribution < 1.29 is 14.7 Å². The van der Waals surface area contributed by atoms with Gasteiger partial charge in [-0.1, -0.05) is 13.0 Å². The van der Waals surface area contributed by atoms with Crippen LogP contribution < -0.4 is 5.32 Å². The molecule has 0 aliphatic rings. The maximum absolute atomic E-state index is 11.9. The number of thiazole rings is 1. The largest absolute Gasteiger partial charge is 0.481 e. The van der Waals surface area contributed by atoms with E-state index in [0.29, 0.717) is 12.1 Å². The lowest BCUT2D eigenvalue weighted by Gasteiger charge is -2.14. The number of carbonyl (C=O) groups is 2. The first-order valence-electron chi connectivity index (χ1n) is 6.58. The van der Waals surface area contributed by atoms with Gasteiger partial charge in [-0.2, -0.15) is 0 Å². The number of rotatable bonds is 7. The Kier molecular flexibility index (Phi) is 5.46. The second-order valence-corrected chi connectivity index (χ2v) is 6.37. The van der Waals surface area contributed by atoms with Crippen molar-refractivity contribution in [2.24, 2.45) is 0 Å². The summed E-state index contributed by atoms with van der Waals surface area (Å²) in [7, 11) is 0. The molecular formula is C14H16N2O3S2. The highest BCUT2D eigenvalue weighted by Gasteiger charge is 2.15. The molecule has 0 radical (unpaired) electrons. The van der Waals surface area contributed by atoms with E-state index in [1.54, 1.807) is 11.3 Å². The van der Waals surface area contributed by atoms with E-state index in [1.165, 1.54) is 11.3 Å². The lowest BCUT2D eigenvalue weighted by molar-refractivity contribution is -0.137. The highest BCUT2D eigenvalue weighted by atomic mass is 32.1. The molecule has 5 nitrogen and oxygen atoms in total. The van der Waals surface area contributed by atoms with Crippen LogP contribution in [-0.2, 0) is 16.0 Å². The molecule has 2 aromatic rings. The summed E-state index contributed by atoms with van der Waals surface area (Å²) in [5.74, 6) is -1.10. The van der Waals surface area contributed by atoms with E-state index in [0.717, 1.165) is 9.88 Å². The van der Waals surface area contributed by atoms with Gasteiger partial charge in [0.2, 0.25) is 5.91 Å². The average Bonchev–Trinajstić information content (AvgIpc) is 3.07. The third-order valence-electron chi connectivity index (χ3n) is 2.90. The Labute approximate surface area is 130 Å². The van der Waals surface area contributed by atoms with E-state index in [-0.39, 0.29) is 24.8 Å². The zero-order valence-corrected chi connectivity index (χ0v) is 13.2. The number of amides is 1. The minimum absolute atomic E-state index is 0.0558. The number of nitrogens with zero attached hydrogens (tertiary/aromatic N) is 1. The van der Waals surface area contributed by atoms with Crippen molar-refractivity contribution in [3.63, 3.8) is 0 Å². The Balaban J connectivity index is 1.92. The Bertz CT molecular complexity index is 608. The molecule has 0 saturated carbocycles. The molecule has 1 atom stereocenters. The van der Waals surface area contributed by atoms with Gasteiger partial charge in [-0.05, 0) is 17.9 Å². The quantitative estimate of drug-likeness (QED) is 0.821. The van der Waals surface area contributed by atoms with Gasteiger partial charge in [-0.15, -0.1) is 22.7 Å². The zero-order valence-electron chi connectivity index (χ0n) is 11.5. The molecule has 7 heteroatoms. The van der Waals surface area contributed by atoms with Gasteiger partial charge < -0.3 is 10.4 Å². The molecule has 1 amide bonds. The van der Waals surface area contributed by atoms with Crippen LogP contribution in [0.5, 0.6) is 0 Å². The van der Waals surface area contributed by atoms with Crippen molar-refractivity contribution in [2.45, 2.75) is 32.2 Å². The van der Waals surface area contributed by atoms with Gasteiger partial charge >= 0.3 is 5.97 Å². The molecule has 0 aliphatic carbocycles. The number of hydrogen-bond acceptors (Lipinski definition) is 5. The number of carboxylic acids is 1. The fourth-order valence-corrected chi connectivity index (χ4v) is 3.49. The van der Waals surface area contributed by atoms with E-state index in [2.05, 4.69) is 10.3 Å². The van der Waals surface area contributed by atoms with Crippen molar-refractivity contribution in [2.75, 3.05) is 0 Å². The second kappa shape index (κ2) is 7.33. The normalized spacial score (nSPS) is 12.0. The summed E-state index contributed by atoms with van der Waals surface area (Å²) in [6.45, 7) is 1.85. The fraction of sp³-hybridized carbons (Fsp3) is 0.357. The van der Waals surface area contributed by atoms with E-state index in [4.69, 9.17) is 5.11 Å². The van der Waals surface area contributed by atoms with Gasteiger partial charge in [0.05, 0.1) is 23.4 Å². The zero-order chi connectivity index (χ0) is 15.2. The van der Waals surface area contributed by atoms with Crippen molar-refractivity contribution >= 4 is 34.6 Å². The Hall–Kier alpha value is -1.73. The van der Waals surface area contributed by atoms with Crippen LogP contribution >= 0.6 is 22.7 Å². The number of carboxylic acid groups (broad SMARTS) is 1. The standard InChI is InChI=1S/C14H16N2O3S2/c1-2-9(7-13(18)19)15-12(17)6-10-8-21-14(16-10)11-4-3-5-20-11/h3-5,8-9H,2,6-7H2,1H3,(H,15,17)(H,18,19). The monoisotopic (exact) mass is 324 g/mol. The highest BCUT2D eigenvalue weighted by molar-refractivity contribution is 7.20. The molecule has 2 N–H and O–H groups in total. The Morgan fingerprint density at radius 2 is 2.24 bits per heavy atom. The summed E-state index contributed by atoms with van der Waals surface area (Å²) in [5.41, 5.74) is 0.714. The van der Waals surface area contributed by atoms with Crippen molar-refractivity contribution in [1.29, 1.82) is 0 Å². The van der Waals surface area contributed by atoms with Crippen molar-refractivity contribution in [3.8, 4) is 9.88 Å². The first kappa shape index (κ1) is 15.7. The molecule has 2 rings (SSSR count). The van der Waals surface area contributed by atoms with Crippen LogP contribution in [0.4, 0.5) is 0 Å². The molecule has 1 unspecified atom stereocenters. The molecule has 0 bridgehead atoms. The van der Waals surface area contributed by atoms with Gasteiger partial charge in [0.1, 0.15) is 5.01 Å². The summed E-state index contributed by atoms with van der Waals surface area (Å²) in [6.07, 6.45) is 0.716. The summed E-state index contributed by atoms with van der Waals surface area (Å²) in [5, 5.41) is 16.3. The Morgan fingerprint density at radius 3 is 2.86 bits per heavy atom. The van der Waals surface area contributed by atoms with Crippen LogP contribution in [0.1, 0.15) is 25.5 Å². The van der Waals surface area contributed by atoms with Crippen LogP contribution in [0, 0.1) is 0 Å². The van der Waals surface area contributed by atoms with E-state index < -0.39 is 5.97 Å². The van der Waals surface area contributed by atoms with Crippen LogP contribution in [0.15, 0.2) is 22.9 Å². The van der Waals surface area contributed by atoms with Crippen LogP contribution in [0.25, 0.3) is 9.88 Å². The lowest BCUT2D eigenvalue weighted by Crippen LogP contribution is -2.37. The molecule has 0 spiro atoms. The fourth-order valence-electron chi connectivity index (χ4n) is 1.85. The van der Waals surface area contributed by atoms with Gasteiger partial charge in [0, 0.05) is 11.4 Å². The van der Waals surface area contributed by atoms with Gasteiger partial charge in [-0.25, -0.2) is 4.98 Å². The first-order valence-corrected chi connectivity index (χ1v) is 8.33. The minimum atomic E-state index is -0.907. The van der Waals surface area contributed by atoms with Crippen molar-refractivity contribution in [1.82, 2.24) is 10.3 Å².